The number of hydrogen-bond donors (Lipinski definition) is 2. The van der Waals surface area contributed by atoms with Crippen molar-refractivity contribution in [3.63, 3.8) is 0 Å². The Morgan fingerprint density at radius 1 is 0.511 bits per heavy atom. The average Bonchev–Trinajstić information content (AvgIpc) is 3.09. The van der Waals surface area contributed by atoms with E-state index in [1.165, 1.54) is 15.9 Å². The Labute approximate surface area is 266 Å². The molecular weight excluding hydrogens is 575 g/mol. The molecular formula is C40H37O4P. The Kier molecular flexibility index (Phi) is 9.99. The second kappa shape index (κ2) is 14.3. The molecule has 5 heteroatoms. The normalized spacial score (nSPS) is 11.3. The maximum Gasteiger partial charge on any atom is 0.170 e. The molecule has 0 saturated carbocycles. The molecule has 4 nitrogen and oxygen atoms in total. The summed E-state index contributed by atoms with van der Waals surface area (Å²) >= 11 is 0. The predicted octanol–water partition coefficient (Wildman–Crippen LogP) is 7.11. The van der Waals surface area contributed by atoms with Crippen molar-refractivity contribution in [2.45, 2.75) is 12.3 Å². The zero-order valence-corrected chi connectivity index (χ0v) is 26.3. The fraction of sp³-hybridized carbons (Fsp3) is 0.100. The standard InChI is InChI=1S/C20H18O3.C20H20OP/c1-20(14-2-8-17(21)9-3-14,15-4-10-18(22)11-5-15)16-6-12-19(23)13-7-16;1-21-17-22(18-11-5-2-6-12-18,19-13-7-3-8-14-19)20-15-9-4-10-16-20/h2-13,21-23H,1H3;2-16H,17H2,1H3/q;+1/p-1. The number of benzene rings is 6. The minimum Gasteiger partial charge on any atom is -0.872 e. The number of phenolic OH excluding ortho intramolecular Hbond substituents is 2. The highest BCUT2D eigenvalue weighted by Crippen LogP contribution is 2.55. The van der Waals surface area contributed by atoms with Gasteiger partial charge in [0.25, 0.3) is 0 Å². The molecule has 226 valence electrons. The van der Waals surface area contributed by atoms with E-state index in [1.54, 1.807) is 43.5 Å². The fourth-order valence-electron chi connectivity index (χ4n) is 5.79. The minimum atomic E-state index is -1.78. The smallest absolute Gasteiger partial charge is 0.170 e. The average molecular weight is 613 g/mol. The van der Waals surface area contributed by atoms with Crippen molar-refractivity contribution in [1.82, 2.24) is 0 Å². The molecule has 45 heavy (non-hydrogen) atoms. The third-order valence-electron chi connectivity index (χ3n) is 8.23. The topological polar surface area (TPSA) is 72.8 Å². The maximum absolute atomic E-state index is 11.4. The Morgan fingerprint density at radius 2 is 0.822 bits per heavy atom. The highest BCUT2D eigenvalue weighted by molar-refractivity contribution is 7.95. The molecule has 6 rings (SSSR count). The van der Waals surface area contributed by atoms with Gasteiger partial charge in [-0.2, -0.15) is 0 Å². The lowest BCUT2D eigenvalue weighted by Gasteiger charge is -2.32. The van der Waals surface area contributed by atoms with Crippen molar-refractivity contribution >= 4 is 23.2 Å². The summed E-state index contributed by atoms with van der Waals surface area (Å²) in [7, 11) is 0.0197. The van der Waals surface area contributed by atoms with Gasteiger partial charge in [0.15, 0.2) is 6.35 Å². The van der Waals surface area contributed by atoms with Gasteiger partial charge >= 0.3 is 0 Å². The van der Waals surface area contributed by atoms with Crippen molar-refractivity contribution in [2.75, 3.05) is 13.5 Å². The quantitative estimate of drug-likeness (QED) is 0.142. The molecule has 0 aliphatic carbocycles. The molecule has 0 unspecified atom stereocenters. The Bertz CT molecular complexity index is 1550. The number of hydrogen-bond acceptors (Lipinski definition) is 4. The summed E-state index contributed by atoms with van der Waals surface area (Å²) < 4.78 is 5.72. The number of methoxy groups -OCH3 is 1. The largest absolute Gasteiger partial charge is 0.872 e. The van der Waals surface area contributed by atoms with E-state index in [0.29, 0.717) is 6.35 Å². The van der Waals surface area contributed by atoms with E-state index in [0.717, 1.165) is 16.7 Å². The molecule has 6 aromatic rings. The molecule has 0 aromatic heterocycles. The van der Waals surface area contributed by atoms with Gasteiger partial charge < -0.3 is 20.1 Å². The van der Waals surface area contributed by atoms with Gasteiger partial charge in [-0.15, -0.1) is 5.75 Å². The lowest BCUT2D eigenvalue weighted by molar-refractivity contribution is -0.268. The van der Waals surface area contributed by atoms with Crippen LogP contribution in [0.5, 0.6) is 17.2 Å². The second-order valence-corrected chi connectivity index (χ2v) is 14.4. The van der Waals surface area contributed by atoms with Crippen LogP contribution >= 0.6 is 7.26 Å². The predicted molar refractivity (Wildman–Crippen MR) is 185 cm³/mol. The first-order chi connectivity index (χ1) is 21.9. The summed E-state index contributed by atoms with van der Waals surface area (Å²) in [6.45, 7) is 2.06. The van der Waals surface area contributed by atoms with E-state index in [-0.39, 0.29) is 17.2 Å². The summed E-state index contributed by atoms with van der Waals surface area (Å²) in [4.78, 5) is 0. The van der Waals surface area contributed by atoms with Crippen molar-refractivity contribution < 1.29 is 20.1 Å². The molecule has 0 saturated heterocycles. The summed E-state index contributed by atoms with van der Waals surface area (Å²) in [6.07, 6.45) is 0.713. The highest BCUT2D eigenvalue weighted by atomic mass is 31.2. The molecule has 0 radical (unpaired) electrons. The molecule has 0 fully saturated rings. The van der Waals surface area contributed by atoms with Gasteiger partial charge in [-0.3, -0.25) is 0 Å². The van der Waals surface area contributed by atoms with Crippen LogP contribution in [-0.2, 0) is 10.2 Å². The van der Waals surface area contributed by atoms with Crippen LogP contribution in [0.15, 0.2) is 164 Å². The highest BCUT2D eigenvalue weighted by Gasteiger charge is 2.45. The van der Waals surface area contributed by atoms with Crippen LogP contribution in [0.25, 0.3) is 0 Å². The van der Waals surface area contributed by atoms with Crippen LogP contribution in [0.2, 0.25) is 0 Å². The maximum atomic E-state index is 11.4. The summed E-state index contributed by atoms with van der Waals surface area (Å²) in [5.41, 5.74) is 2.43. The van der Waals surface area contributed by atoms with Crippen molar-refractivity contribution in [1.29, 1.82) is 0 Å². The van der Waals surface area contributed by atoms with E-state index >= 15 is 0 Å². The Balaban J connectivity index is 0.000000178. The molecule has 0 atom stereocenters. The van der Waals surface area contributed by atoms with Crippen LogP contribution in [-0.4, -0.2) is 23.7 Å². The first-order valence-electron chi connectivity index (χ1n) is 14.8. The lowest BCUT2D eigenvalue weighted by Crippen LogP contribution is -2.33. The first-order valence-corrected chi connectivity index (χ1v) is 16.8. The number of rotatable bonds is 8. The molecule has 6 aromatic carbocycles. The van der Waals surface area contributed by atoms with Gasteiger partial charge in [0, 0.05) is 12.5 Å². The summed E-state index contributed by atoms with van der Waals surface area (Å²) in [5.74, 6) is 0.376. The van der Waals surface area contributed by atoms with Crippen LogP contribution in [0.3, 0.4) is 0 Å². The monoisotopic (exact) mass is 612 g/mol. The molecule has 0 aliphatic heterocycles. The van der Waals surface area contributed by atoms with E-state index < -0.39 is 12.7 Å². The van der Waals surface area contributed by atoms with Crippen LogP contribution in [0.4, 0.5) is 0 Å². The van der Waals surface area contributed by atoms with Gasteiger partial charge in [-0.05, 0) is 84.3 Å². The van der Waals surface area contributed by atoms with Gasteiger partial charge in [-0.1, -0.05) is 103 Å². The van der Waals surface area contributed by atoms with Crippen molar-refractivity contribution in [3.8, 4) is 17.2 Å². The van der Waals surface area contributed by atoms with E-state index in [4.69, 9.17) is 4.74 Å². The fourth-order valence-corrected chi connectivity index (χ4v) is 9.56. The molecule has 0 heterocycles. The molecule has 2 N–H and O–H groups in total. The first kappa shape index (κ1) is 31.5. The Morgan fingerprint density at radius 3 is 1.13 bits per heavy atom. The van der Waals surface area contributed by atoms with E-state index in [9.17, 15) is 15.3 Å². The number of phenols is 2. The number of ether oxygens (including phenoxy) is 1. The van der Waals surface area contributed by atoms with Gasteiger partial charge in [-0.25, -0.2) is 0 Å². The van der Waals surface area contributed by atoms with Gasteiger partial charge in [0.1, 0.15) is 34.7 Å². The molecule has 0 aliphatic rings. The molecule has 0 bridgehead atoms. The van der Waals surface area contributed by atoms with Crippen molar-refractivity contribution in [3.05, 3.63) is 180 Å². The molecule has 0 spiro atoms. The van der Waals surface area contributed by atoms with Crippen LogP contribution in [0, 0.1) is 0 Å². The third-order valence-corrected chi connectivity index (χ3v) is 12.4. The second-order valence-electron chi connectivity index (χ2n) is 11.0. The minimum absolute atomic E-state index is 0.0347. The van der Waals surface area contributed by atoms with E-state index in [1.807, 2.05) is 36.4 Å². The zero-order valence-electron chi connectivity index (χ0n) is 25.5. The summed E-state index contributed by atoms with van der Waals surface area (Å²) in [6, 6.07) is 53.1. The molecule has 0 amide bonds. The van der Waals surface area contributed by atoms with Crippen LogP contribution < -0.4 is 21.0 Å². The van der Waals surface area contributed by atoms with E-state index in [2.05, 4.69) is 97.9 Å². The van der Waals surface area contributed by atoms with Crippen LogP contribution in [0.1, 0.15) is 23.6 Å². The SMILES string of the molecule is CC(c1ccc([O-])cc1)(c1ccc(O)cc1)c1ccc(O)cc1.COC[P+](c1ccccc1)(c1ccccc1)c1ccccc1. The lowest BCUT2D eigenvalue weighted by atomic mass is 9.71. The summed E-state index contributed by atoms with van der Waals surface area (Å²) in [5, 5.41) is 34.6. The Hall–Kier alpha value is -4.89. The zero-order chi connectivity index (χ0) is 31.7. The number of aromatic hydroxyl groups is 2. The van der Waals surface area contributed by atoms with Gasteiger partial charge in [0.05, 0.1) is 0 Å². The van der Waals surface area contributed by atoms with Gasteiger partial charge in [0.2, 0.25) is 0 Å². The van der Waals surface area contributed by atoms with Crippen molar-refractivity contribution in [2.24, 2.45) is 0 Å². The third kappa shape index (κ3) is 6.78.